The maximum atomic E-state index is 2.43. The van der Waals surface area contributed by atoms with Crippen molar-refractivity contribution < 1.29 is 0 Å². The Morgan fingerprint density at radius 3 is 1.85 bits per heavy atom. The summed E-state index contributed by atoms with van der Waals surface area (Å²) in [6, 6.07) is 9.04. The van der Waals surface area contributed by atoms with Gasteiger partial charge in [-0.1, -0.05) is 38.1 Å². The topological polar surface area (TPSA) is 0 Å². The van der Waals surface area contributed by atoms with E-state index in [0.29, 0.717) is 10.8 Å². The van der Waals surface area contributed by atoms with Crippen molar-refractivity contribution in [2.75, 3.05) is 0 Å². The van der Waals surface area contributed by atoms with Crippen LogP contribution in [0.25, 0.3) is 0 Å². The third-order valence-corrected chi connectivity index (χ3v) is 4.24. The average Bonchev–Trinajstić information content (AvgIpc) is 2.55. The number of hydrogen-bond donors (Lipinski definition) is 0. The standard InChI is InChI=1S/C13H16/c1-12-7-8-13(2,9-12)11-6-4-3-5-10(11)12/h3-6H,7-9H2,1-2H3/t12-,13+. The second-order valence-electron chi connectivity index (χ2n) is 5.34. The zero-order valence-corrected chi connectivity index (χ0v) is 8.43. The molecule has 13 heavy (non-hydrogen) atoms. The highest BCUT2D eigenvalue weighted by Crippen LogP contribution is 2.60. The molecule has 1 aromatic carbocycles. The smallest absolute Gasteiger partial charge is 0.00636 e. The van der Waals surface area contributed by atoms with Crippen LogP contribution in [-0.4, -0.2) is 0 Å². The molecule has 0 heteroatoms. The molecular formula is C13H16. The first-order chi connectivity index (χ1) is 6.14. The van der Waals surface area contributed by atoms with Gasteiger partial charge in [0.05, 0.1) is 0 Å². The van der Waals surface area contributed by atoms with Crippen molar-refractivity contribution in [3.05, 3.63) is 35.4 Å². The molecule has 0 heterocycles. The van der Waals surface area contributed by atoms with E-state index in [1.807, 2.05) is 0 Å². The van der Waals surface area contributed by atoms with Gasteiger partial charge in [0.2, 0.25) is 0 Å². The molecule has 2 atom stereocenters. The molecule has 2 aliphatic carbocycles. The van der Waals surface area contributed by atoms with E-state index in [1.165, 1.54) is 19.3 Å². The van der Waals surface area contributed by atoms with Gasteiger partial charge >= 0.3 is 0 Å². The summed E-state index contributed by atoms with van der Waals surface area (Å²) in [5.74, 6) is 0. The molecular weight excluding hydrogens is 156 g/mol. The molecule has 2 aliphatic rings. The summed E-state index contributed by atoms with van der Waals surface area (Å²) in [5.41, 5.74) is 4.27. The minimum atomic E-state index is 0.505. The molecule has 0 amide bonds. The fourth-order valence-corrected chi connectivity index (χ4v) is 3.59. The van der Waals surface area contributed by atoms with Crippen LogP contribution in [0.2, 0.25) is 0 Å². The minimum Gasteiger partial charge on any atom is -0.0620 e. The van der Waals surface area contributed by atoms with E-state index in [0.717, 1.165) is 0 Å². The Bertz CT molecular complexity index is 331. The van der Waals surface area contributed by atoms with E-state index in [-0.39, 0.29) is 0 Å². The molecule has 3 rings (SSSR count). The van der Waals surface area contributed by atoms with Gasteiger partial charge in [-0.25, -0.2) is 0 Å². The SMILES string of the molecule is C[C@]12CC[C@](C)(C1)c1ccccc12. The Kier molecular flexibility index (Phi) is 1.17. The van der Waals surface area contributed by atoms with Crippen LogP contribution in [-0.2, 0) is 10.8 Å². The van der Waals surface area contributed by atoms with E-state index >= 15 is 0 Å². The van der Waals surface area contributed by atoms with E-state index in [1.54, 1.807) is 11.1 Å². The van der Waals surface area contributed by atoms with Crippen LogP contribution in [0.5, 0.6) is 0 Å². The summed E-state index contributed by atoms with van der Waals surface area (Å²) in [6.07, 6.45) is 4.15. The largest absolute Gasteiger partial charge is 0.0620 e. The van der Waals surface area contributed by atoms with Crippen molar-refractivity contribution in [1.29, 1.82) is 0 Å². The zero-order valence-electron chi connectivity index (χ0n) is 8.43. The highest BCUT2D eigenvalue weighted by atomic mass is 14.6. The molecule has 0 nitrogen and oxygen atoms in total. The molecule has 1 saturated carbocycles. The van der Waals surface area contributed by atoms with Crippen molar-refractivity contribution >= 4 is 0 Å². The van der Waals surface area contributed by atoms with Crippen LogP contribution in [0.1, 0.15) is 44.2 Å². The lowest BCUT2D eigenvalue weighted by atomic mass is 9.78. The van der Waals surface area contributed by atoms with Crippen LogP contribution in [0.15, 0.2) is 24.3 Å². The Morgan fingerprint density at radius 2 is 1.38 bits per heavy atom. The summed E-state index contributed by atoms with van der Waals surface area (Å²) in [5, 5.41) is 0. The molecule has 0 unspecified atom stereocenters. The zero-order chi connectivity index (χ0) is 9.10. The molecule has 0 saturated heterocycles. The van der Waals surface area contributed by atoms with E-state index in [2.05, 4.69) is 38.1 Å². The highest BCUT2D eigenvalue weighted by Gasteiger charge is 2.52. The lowest BCUT2D eigenvalue weighted by molar-refractivity contribution is 0.484. The number of benzene rings is 1. The van der Waals surface area contributed by atoms with Gasteiger partial charge in [-0.2, -0.15) is 0 Å². The van der Waals surface area contributed by atoms with Crippen LogP contribution in [0.3, 0.4) is 0 Å². The van der Waals surface area contributed by atoms with Crippen molar-refractivity contribution in [3.8, 4) is 0 Å². The fourth-order valence-electron chi connectivity index (χ4n) is 3.59. The maximum Gasteiger partial charge on any atom is -0.00636 e. The second kappa shape index (κ2) is 2.00. The summed E-state index contributed by atoms with van der Waals surface area (Å²) < 4.78 is 0. The predicted octanol–water partition coefficient (Wildman–Crippen LogP) is 3.40. The minimum absolute atomic E-state index is 0.505. The normalized spacial score (nSPS) is 40.8. The van der Waals surface area contributed by atoms with Crippen LogP contribution in [0.4, 0.5) is 0 Å². The Hall–Kier alpha value is -0.780. The third-order valence-electron chi connectivity index (χ3n) is 4.24. The molecule has 0 aromatic heterocycles. The Balaban J connectivity index is 2.31. The molecule has 1 fully saturated rings. The molecule has 0 N–H and O–H groups in total. The van der Waals surface area contributed by atoms with E-state index in [4.69, 9.17) is 0 Å². The van der Waals surface area contributed by atoms with Gasteiger partial charge in [0.15, 0.2) is 0 Å². The maximum absolute atomic E-state index is 2.43. The summed E-state index contributed by atoms with van der Waals surface area (Å²) in [7, 11) is 0. The van der Waals surface area contributed by atoms with E-state index < -0.39 is 0 Å². The molecule has 0 spiro atoms. The molecule has 68 valence electrons. The fraction of sp³-hybridized carbons (Fsp3) is 0.538. The van der Waals surface area contributed by atoms with Crippen molar-refractivity contribution in [2.24, 2.45) is 0 Å². The number of hydrogen-bond acceptors (Lipinski definition) is 0. The average molecular weight is 172 g/mol. The van der Waals surface area contributed by atoms with E-state index in [9.17, 15) is 0 Å². The lowest BCUT2D eigenvalue weighted by Gasteiger charge is -2.26. The van der Waals surface area contributed by atoms with Crippen LogP contribution in [0, 0.1) is 0 Å². The highest BCUT2D eigenvalue weighted by molar-refractivity contribution is 5.48. The lowest BCUT2D eigenvalue weighted by Crippen LogP contribution is -2.17. The van der Waals surface area contributed by atoms with Gasteiger partial charge < -0.3 is 0 Å². The van der Waals surface area contributed by atoms with Gasteiger partial charge in [-0.15, -0.1) is 0 Å². The van der Waals surface area contributed by atoms with Crippen molar-refractivity contribution in [3.63, 3.8) is 0 Å². The van der Waals surface area contributed by atoms with Gasteiger partial charge in [-0.05, 0) is 41.2 Å². The predicted molar refractivity (Wildman–Crippen MR) is 55.0 cm³/mol. The molecule has 2 bridgehead atoms. The summed E-state index contributed by atoms with van der Waals surface area (Å²) in [6.45, 7) is 4.87. The quantitative estimate of drug-likeness (QED) is 0.562. The first-order valence-electron chi connectivity index (χ1n) is 5.24. The van der Waals surface area contributed by atoms with Crippen molar-refractivity contribution in [2.45, 2.75) is 43.9 Å². The summed E-state index contributed by atoms with van der Waals surface area (Å²) in [4.78, 5) is 0. The van der Waals surface area contributed by atoms with Crippen LogP contribution >= 0.6 is 0 Å². The third kappa shape index (κ3) is 0.769. The van der Waals surface area contributed by atoms with Gasteiger partial charge in [0.25, 0.3) is 0 Å². The summed E-state index contributed by atoms with van der Waals surface area (Å²) >= 11 is 0. The van der Waals surface area contributed by atoms with Gasteiger partial charge in [0, 0.05) is 0 Å². The second-order valence-corrected chi connectivity index (χ2v) is 5.34. The molecule has 1 aromatic rings. The molecule has 0 radical (unpaired) electrons. The van der Waals surface area contributed by atoms with Gasteiger partial charge in [-0.3, -0.25) is 0 Å². The van der Waals surface area contributed by atoms with Crippen molar-refractivity contribution in [1.82, 2.24) is 0 Å². The Labute approximate surface area is 80.0 Å². The number of rotatable bonds is 0. The Morgan fingerprint density at radius 1 is 0.923 bits per heavy atom. The first kappa shape index (κ1) is 7.61. The van der Waals surface area contributed by atoms with Crippen LogP contribution < -0.4 is 0 Å². The van der Waals surface area contributed by atoms with Gasteiger partial charge in [0.1, 0.15) is 0 Å². The number of fused-ring (bicyclic) bond motifs is 5. The first-order valence-corrected chi connectivity index (χ1v) is 5.24. The molecule has 0 aliphatic heterocycles. The monoisotopic (exact) mass is 172 g/mol.